The number of carbonyl (C=O) groups is 1. The van der Waals surface area contributed by atoms with Gasteiger partial charge in [0, 0.05) is 16.5 Å². The topological polar surface area (TPSA) is 69.7 Å². The summed E-state index contributed by atoms with van der Waals surface area (Å²) in [6.45, 7) is 2.47. The molecule has 2 aromatic carbocycles. The number of methoxy groups -OCH3 is 2. The summed E-state index contributed by atoms with van der Waals surface area (Å²) in [5, 5.41) is 5.22. The molecule has 0 aliphatic heterocycles. The molecule has 0 saturated heterocycles. The maximum atomic E-state index is 12.5. The average Bonchev–Trinajstić information content (AvgIpc) is 3.17. The van der Waals surface area contributed by atoms with E-state index in [0.717, 1.165) is 15.7 Å². The molecule has 1 amide bonds. The van der Waals surface area contributed by atoms with Crippen LogP contribution in [-0.4, -0.2) is 31.7 Å². The molecule has 0 radical (unpaired) electrons. The molecule has 0 saturated carbocycles. The smallest absolute Gasteiger partial charge is 0.257 e. The van der Waals surface area contributed by atoms with Gasteiger partial charge in [-0.25, -0.2) is 4.98 Å². The van der Waals surface area contributed by atoms with Gasteiger partial charge in [0.05, 0.1) is 31.0 Å². The number of nitrogens with zero attached hydrogens (tertiary/aromatic N) is 1. The number of nitrogens with one attached hydrogen (secondary N) is 1. The van der Waals surface area contributed by atoms with Crippen molar-refractivity contribution in [1.29, 1.82) is 0 Å². The van der Waals surface area contributed by atoms with Crippen LogP contribution in [0.4, 0.5) is 5.13 Å². The summed E-state index contributed by atoms with van der Waals surface area (Å²) < 4.78 is 16.8. The van der Waals surface area contributed by atoms with Gasteiger partial charge in [0.25, 0.3) is 5.91 Å². The van der Waals surface area contributed by atoms with E-state index < -0.39 is 0 Å². The van der Waals surface area contributed by atoms with Crippen LogP contribution in [-0.2, 0) is 0 Å². The second-order valence-electron chi connectivity index (χ2n) is 5.64. The number of carbonyl (C=O) groups excluding carboxylic acids is 1. The molecule has 3 rings (SSSR count). The minimum atomic E-state index is -0.239. The standard InChI is InChI=1S/C20H19BrN2O4S/c1-4-27-16-7-6-13(9-14(16)21)19(24)23-20-22-15(11-28-20)12-5-8-17(25-2)18(10-12)26-3/h5-11H,4H2,1-3H3,(H,22,23,24). The molecule has 0 bridgehead atoms. The predicted octanol–water partition coefficient (Wildman–Crippen LogP) is 5.24. The van der Waals surface area contributed by atoms with E-state index in [0.29, 0.717) is 34.6 Å². The number of rotatable bonds is 7. The zero-order valence-electron chi connectivity index (χ0n) is 15.6. The van der Waals surface area contributed by atoms with Crippen LogP contribution in [0.15, 0.2) is 46.3 Å². The zero-order valence-corrected chi connectivity index (χ0v) is 18.0. The normalized spacial score (nSPS) is 10.4. The van der Waals surface area contributed by atoms with Crippen LogP contribution in [0.5, 0.6) is 17.2 Å². The molecule has 0 fully saturated rings. The number of aromatic nitrogens is 1. The molecule has 3 aromatic rings. The van der Waals surface area contributed by atoms with E-state index in [9.17, 15) is 4.79 Å². The third-order valence-corrected chi connectivity index (χ3v) is 5.28. The first-order chi connectivity index (χ1) is 13.5. The van der Waals surface area contributed by atoms with E-state index in [4.69, 9.17) is 14.2 Å². The quantitative estimate of drug-likeness (QED) is 0.519. The minimum Gasteiger partial charge on any atom is -0.493 e. The highest BCUT2D eigenvalue weighted by Crippen LogP contribution is 2.33. The van der Waals surface area contributed by atoms with Crippen LogP contribution in [0.25, 0.3) is 11.3 Å². The van der Waals surface area contributed by atoms with Gasteiger partial charge in [0.2, 0.25) is 0 Å². The van der Waals surface area contributed by atoms with Gasteiger partial charge < -0.3 is 14.2 Å². The monoisotopic (exact) mass is 462 g/mol. The molecular weight excluding hydrogens is 444 g/mol. The third kappa shape index (κ3) is 4.45. The largest absolute Gasteiger partial charge is 0.493 e. The Labute approximate surface area is 175 Å². The Morgan fingerprint density at radius 3 is 2.54 bits per heavy atom. The molecule has 0 atom stereocenters. The molecule has 0 unspecified atom stereocenters. The minimum absolute atomic E-state index is 0.239. The van der Waals surface area contributed by atoms with Crippen molar-refractivity contribution >= 4 is 38.3 Å². The fourth-order valence-electron chi connectivity index (χ4n) is 2.54. The maximum absolute atomic E-state index is 12.5. The Hall–Kier alpha value is -2.58. The van der Waals surface area contributed by atoms with Crippen molar-refractivity contribution < 1.29 is 19.0 Å². The van der Waals surface area contributed by atoms with Crippen LogP contribution >= 0.6 is 27.3 Å². The first-order valence-electron chi connectivity index (χ1n) is 8.47. The van der Waals surface area contributed by atoms with E-state index in [1.54, 1.807) is 32.4 Å². The van der Waals surface area contributed by atoms with Gasteiger partial charge in [0.1, 0.15) is 5.75 Å². The van der Waals surface area contributed by atoms with E-state index in [1.165, 1.54) is 11.3 Å². The second-order valence-corrected chi connectivity index (χ2v) is 7.35. The van der Waals surface area contributed by atoms with E-state index >= 15 is 0 Å². The Kier molecular flexibility index (Phi) is 6.53. The molecule has 1 N–H and O–H groups in total. The predicted molar refractivity (Wildman–Crippen MR) is 114 cm³/mol. The second kappa shape index (κ2) is 9.07. The lowest BCUT2D eigenvalue weighted by Gasteiger charge is -2.08. The summed E-state index contributed by atoms with van der Waals surface area (Å²) in [5.74, 6) is 1.73. The summed E-state index contributed by atoms with van der Waals surface area (Å²) in [4.78, 5) is 17.0. The van der Waals surface area contributed by atoms with Crippen molar-refractivity contribution in [3.05, 3.63) is 51.8 Å². The molecule has 6 nitrogen and oxygen atoms in total. The highest BCUT2D eigenvalue weighted by atomic mass is 79.9. The van der Waals surface area contributed by atoms with Gasteiger partial charge in [-0.1, -0.05) is 0 Å². The van der Waals surface area contributed by atoms with Crippen molar-refractivity contribution in [3.63, 3.8) is 0 Å². The van der Waals surface area contributed by atoms with Crippen LogP contribution < -0.4 is 19.5 Å². The lowest BCUT2D eigenvalue weighted by Crippen LogP contribution is -2.11. The van der Waals surface area contributed by atoms with E-state index in [-0.39, 0.29) is 5.91 Å². The Balaban J connectivity index is 1.76. The summed E-state index contributed by atoms with van der Waals surface area (Å²) >= 11 is 4.78. The van der Waals surface area contributed by atoms with Gasteiger partial charge in [-0.05, 0) is 59.3 Å². The van der Waals surface area contributed by atoms with Gasteiger partial charge in [-0.15, -0.1) is 11.3 Å². The molecular formula is C20H19BrN2O4S. The first kappa shape index (κ1) is 20.2. The van der Waals surface area contributed by atoms with Crippen LogP contribution in [0.1, 0.15) is 17.3 Å². The molecule has 1 heterocycles. The molecule has 8 heteroatoms. The van der Waals surface area contributed by atoms with E-state index in [1.807, 2.05) is 30.5 Å². The molecule has 0 aliphatic carbocycles. The van der Waals surface area contributed by atoms with Crippen molar-refractivity contribution in [2.24, 2.45) is 0 Å². The lowest BCUT2D eigenvalue weighted by atomic mass is 10.1. The highest BCUT2D eigenvalue weighted by Gasteiger charge is 2.13. The Morgan fingerprint density at radius 2 is 1.86 bits per heavy atom. The molecule has 146 valence electrons. The van der Waals surface area contributed by atoms with Gasteiger partial charge in [-0.2, -0.15) is 0 Å². The van der Waals surface area contributed by atoms with Crippen molar-refractivity contribution in [2.45, 2.75) is 6.92 Å². The van der Waals surface area contributed by atoms with Crippen LogP contribution in [0.2, 0.25) is 0 Å². The molecule has 1 aromatic heterocycles. The van der Waals surface area contributed by atoms with Crippen LogP contribution in [0.3, 0.4) is 0 Å². The number of benzene rings is 2. The summed E-state index contributed by atoms with van der Waals surface area (Å²) in [5.41, 5.74) is 2.13. The number of hydrogen-bond acceptors (Lipinski definition) is 6. The fourth-order valence-corrected chi connectivity index (χ4v) is 3.75. The molecule has 0 spiro atoms. The highest BCUT2D eigenvalue weighted by molar-refractivity contribution is 9.10. The van der Waals surface area contributed by atoms with Crippen molar-refractivity contribution in [2.75, 3.05) is 26.1 Å². The summed E-state index contributed by atoms with van der Waals surface area (Å²) in [6.07, 6.45) is 0. The average molecular weight is 463 g/mol. The van der Waals surface area contributed by atoms with E-state index in [2.05, 4.69) is 26.2 Å². The zero-order chi connectivity index (χ0) is 20.1. The lowest BCUT2D eigenvalue weighted by molar-refractivity contribution is 0.102. The Bertz CT molecular complexity index is 990. The molecule has 28 heavy (non-hydrogen) atoms. The van der Waals surface area contributed by atoms with Crippen LogP contribution in [0, 0.1) is 0 Å². The maximum Gasteiger partial charge on any atom is 0.257 e. The summed E-state index contributed by atoms with van der Waals surface area (Å²) in [6, 6.07) is 10.8. The number of anilines is 1. The van der Waals surface area contributed by atoms with Crippen molar-refractivity contribution in [3.8, 4) is 28.5 Å². The fraction of sp³-hybridized carbons (Fsp3) is 0.200. The number of halogens is 1. The number of hydrogen-bond donors (Lipinski definition) is 1. The summed E-state index contributed by atoms with van der Waals surface area (Å²) in [7, 11) is 3.18. The first-order valence-corrected chi connectivity index (χ1v) is 10.1. The number of ether oxygens (including phenoxy) is 3. The van der Waals surface area contributed by atoms with Gasteiger partial charge in [-0.3, -0.25) is 10.1 Å². The van der Waals surface area contributed by atoms with Crippen molar-refractivity contribution in [1.82, 2.24) is 4.98 Å². The SMILES string of the molecule is CCOc1ccc(C(=O)Nc2nc(-c3ccc(OC)c(OC)c3)cs2)cc1Br. The number of amides is 1. The third-order valence-electron chi connectivity index (χ3n) is 3.90. The van der Waals surface area contributed by atoms with Gasteiger partial charge in [0.15, 0.2) is 16.6 Å². The Morgan fingerprint density at radius 1 is 1.11 bits per heavy atom. The molecule has 0 aliphatic rings. The number of thiazole rings is 1. The van der Waals surface area contributed by atoms with Gasteiger partial charge >= 0.3 is 0 Å².